The van der Waals surface area contributed by atoms with E-state index >= 15 is 0 Å². The van der Waals surface area contributed by atoms with E-state index in [1.54, 1.807) is 12.1 Å². The van der Waals surface area contributed by atoms with Crippen molar-refractivity contribution >= 4 is 16.7 Å². The topological polar surface area (TPSA) is 49.8 Å². The molecule has 0 unspecified atom stereocenters. The van der Waals surface area contributed by atoms with Gasteiger partial charge < -0.3 is 14.7 Å². The highest BCUT2D eigenvalue weighted by Crippen LogP contribution is 2.29. The first-order valence-electron chi connectivity index (χ1n) is 6.88. The van der Waals surface area contributed by atoms with E-state index in [-0.39, 0.29) is 5.54 Å². The Hall–Kier alpha value is -2.07. The van der Waals surface area contributed by atoms with Gasteiger partial charge in [-0.1, -0.05) is 24.3 Å². The van der Waals surface area contributed by atoms with E-state index in [9.17, 15) is 9.90 Å². The van der Waals surface area contributed by atoms with Crippen LogP contribution in [-0.4, -0.2) is 42.2 Å². The standard InChI is InChI=1S/C17H21NO3/c1-17(2,18(3)4)11-21-15-10-9-14(16(19)20)12-7-5-6-8-13(12)15/h5-10H,11H2,1-4H3,(H,19,20). The molecule has 0 saturated carbocycles. The summed E-state index contributed by atoms with van der Waals surface area (Å²) in [5.41, 5.74) is 0.192. The number of aromatic carboxylic acids is 1. The third kappa shape index (κ3) is 3.16. The van der Waals surface area contributed by atoms with E-state index in [0.29, 0.717) is 23.3 Å². The zero-order valence-corrected chi connectivity index (χ0v) is 12.9. The van der Waals surface area contributed by atoms with Gasteiger partial charge in [0.15, 0.2) is 0 Å². The molecule has 0 amide bonds. The van der Waals surface area contributed by atoms with Crippen LogP contribution in [0.1, 0.15) is 24.2 Å². The molecule has 0 aliphatic rings. The number of carbonyl (C=O) groups is 1. The molecule has 112 valence electrons. The van der Waals surface area contributed by atoms with E-state index in [4.69, 9.17) is 4.74 Å². The number of ether oxygens (including phenoxy) is 1. The van der Waals surface area contributed by atoms with Crippen LogP contribution in [0.25, 0.3) is 10.8 Å². The molecule has 0 heterocycles. The highest BCUT2D eigenvalue weighted by molar-refractivity contribution is 6.05. The van der Waals surface area contributed by atoms with Crippen molar-refractivity contribution < 1.29 is 14.6 Å². The molecule has 4 nitrogen and oxygen atoms in total. The lowest BCUT2D eigenvalue weighted by Gasteiger charge is -2.32. The quantitative estimate of drug-likeness (QED) is 0.917. The summed E-state index contributed by atoms with van der Waals surface area (Å²) in [7, 11) is 4.02. The Bertz CT molecular complexity index is 662. The molecule has 0 saturated heterocycles. The third-order valence-electron chi connectivity index (χ3n) is 3.91. The molecule has 21 heavy (non-hydrogen) atoms. The molecule has 2 aromatic rings. The van der Waals surface area contributed by atoms with Gasteiger partial charge in [-0.05, 0) is 45.5 Å². The maximum atomic E-state index is 11.3. The molecule has 0 fully saturated rings. The van der Waals surface area contributed by atoms with E-state index in [0.717, 1.165) is 5.39 Å². The number of hydrogen-bond acceptors (Lipinski definition) is 3. The summed E-state index contributed by atoms with van der Waals surface area (Å²) in [6.45, 7) is 4.72. The number of likely N-dealkylation sites (N-methyl/N-ethyl adjacent to an activating group) is 1. The maximum Gasteiger partial charge on any atom is 0.336 e. The number of fused-ring (bicyclic) bond motifs is 1. The van der Waals surface area contributed by atoms with E-state index in [1.165, 1.54) is 0 Å². The zero-order valence-electron chi connectivity index (χ0n) is 12.9. The van der Waals surface area contributed by atoms with Gasteiger partial charge in [-0.3, -0.25) is 0 Å². The van der Waals surface area contributed by atoms with Gasteiger partial charge in [0, 0.05) is 10.9 Å². The molecule has 0 aromatic heterocycles. The van der Waals surface area contributed by atoms with Crippen molar-refractivity contribution in [2.45, 2.75) is 19.4 Å². The second-order valence-corrected chi connectivity index (χ2v) is 5.96. The molecular formula is C17H21NO3. The summed E-state index contributed by atoms with van der Waals surface area (Å²) in [6, 6.07) is 10.8. The molecule has 0 aliphatic carbocycles. The Morgan fingerprint density at radius 3 is 2.33 bits per heavy atom. The maximum absolute atomic E-state index is 11.3. The number of hydrogen-bond donors (Lipinski definition) is 1. The summed E-state index contributed by atoms with van der Waals surface area (Å²) in [6.07, 6.45) is 0. The number of benzene rings is 2. The second-order valence-electron chi connectivity index (χ2n) is 5.96. The fraction of sp³-hybridized carbons (Fsp3) is 0.353. The summed E-state index contributed by atoms with van der Waals surface area (Å²) in [5, 5.41) is 10.8. The Morgan fingerprint density at radius 2 is 1.76 bits per heavy atom. The van der Waals surface area contributed by atoms with E-state index in [1.807, 2.05) is 38.4 Å². The van der Waals surface area contributed by atoms with E-state index in [2.05, 4.69) is 18.7 Å². The summed E-state index contributed by atoms with van der Waals surface area (Å²) in [4.78, 5) is 13.4. The van der Waals surface area contributed by atoms with Gasteiger partial charge in [0.25, 0.3) is 0 Å². The Kier molecular flexibility index (Phi) is 4.19. The molecule has 1 N–H and O–H groups in total. The van der Waals surface area contributed by atoms with Crippen molar-refractivity contribution in [2.24, 2.45) is 0 Å². The summed E-state index contributed by atoms with van der Waals surface area (Å²) < 4.78 is 5.95. The Morgan fingerprint density at radius 1 is 1.14 bits per heavy atom. The van der Waals surface area contributed by atoms with Crippen LogP contribution >= 0.6 is 0 Å². The van der Waals surface area contributed by atoms with E-state index < -0.39 is 5.97 Å². The molecule has 0 radical (unpaired) electrons. The van der Waals surface area contributed by atoms with Crippen LogP contribution in [0, 0.1) is 0 Å². The SMILES string of the molecule is CN(C)C(C)(C)COc1ccc(C(=O)O)c2ccccc12. The molecular weight excluding hydrogens is 266 g/mol. The first-order chi connectivity index (χ1) is 9.83. The number of carboxylic acids is 1. The van der Waals surface area contributed by atoms with Crippen molar-refractivity contribution in [1.29, 1.82) is 0 Å². The lowest BCUT2D eigenvalue weighted by atomic mass is 10.0. The first kappa shape index (κ1) is 15.3. The van der Waals surface area contributed by atoms with Crippen LogP contribution in [0.15, 0.2) is 36.4 Å². The summed E-state index contributed by atoms with van der Waals surface area (Å²) in [5.74, 6) is -0.211. The van der Waals surface area contributed by atoms with Crippen molar-refractivity contribution in [1.82, 2.24) is 4.90 Å². The lowest BCUT2D eigenvalue weighted by molar-refractivity contribution is 0.0699. The Labute approximate surface area is 124 Å². The minimum absolute atomic E-state index is 0.105. The first-order valence-corrected chi connectivity index (χ1v) is 6.88. The summed E-state index contributed by atoms with van der Waals surface area (Å²) >= 11 is 0. The van der Waals surface area contributed by atoms with Crippen molar-refractivity contribution in [2.75, 3.05) is 20.7 Å². The van der Waals surface area contributed by atoms with Crippen LogP contribution in [0.3, 0.4) is 0 Å². The predicted molar refractivity (Wildman–Crippen MR) is 84.2 cm³/mol. The van der Waals surface area contributed by atoms with Crippen molar-refractivity contribution in [3.8, 4) is 5.75 Å². The van der Waals surface area contributed by atoms with Gasteiger partial charge in [-0.2, -0.15) is 0 Å². The molecule has 0 atom stereocenters. The third-order valence-corrected chi connectivity index (χ3v) is 3.91. The smallest absolute Gasteiger partial charge is 0.336 e. The highest BCUT2D eigenvalue weighted by atomic mass is 16.5. The van der Waals surface area contributed by atoms with Gasteiger partial charge in [-0.15, -0.1) is 0 Å². The molecule has 2 aromatic carbocycles. The van der Waals surface area contributed by atoms with Crippen LogP contribution < -0.4 is 4.74 Å². The van der Waals surface area contributed by atoms with Gasteiger partial charge in [0.2, 0.25) is 0 Å². The van der Waals surface area contributed by atoms with Gasteiger partial charge in [0.05, 0.1) is 5.56 Å². The van der Waals surface area contributed by atoms with Crippen LogP contribution in [-0.2, 0) is 0 Å². The van der Waals surface area contributed by atoms with Crippen LogP contribution in [0.5, 0.6) is 5.75 Å². The fourth-order valence-electron chi connectivity index (χ4n) is 1.97. The van der Waals surface area contributed by atoms with Gasteiger partial charge >= 0.3 is 5.97 Å². The predicted octanol–water partition coefficient (Wildman–Crippen LogP) is 3.26. The lowest BCUT2D eigenvalue weighted by Crippen LogP contribution is -2.43. The number of nitrogens with zero attached hydrogens (tertiary/aromatic N) is 1. The second kappa shape index (κ2) is 5.74. The minimum atomic E-state index is -0.925. The molecule has 2 rings (SSSR count). The van der Waals surface area contributed by atoms with Crippen LogP contribution in [0.2, 0.25) is 0 Å². The normalized spacial score (nSPS) is 11.9. The van der Waals surface area contributed by atoms with Gasteiger partial charge in [0.1, 0.15) is 12.4 Å². The molecule has 4 heteroatoms. The molecule has 0 bridgehead atoms. The number of carboxylic acid groups (broad SMARTS) is 1. The monoisotopic (exact) mass is 287 g/mol. The minimum Gasteiger partial charge on any atom is -0.491 e. The van der Waals surface area contributed by atoms with Crippen molar-refractivity contribution in [3.63, 3.8) is 0 Å². The Balaban J connectivity index is 2.38. The molecule has 0 spiro atoms. The number of rotatable bonds is 5. The van der Waals surface area contributed by atoms with Gasteiger partial charge in [-0.25, -0.2) is 4.79 Å². The van der Waals surface area contributed by atoms with Crippen molar-refractivity contribution in [3.05, 3.63) is 42.0 Å². The largest absolute Gasteiger partial charge is 0.491 e. The van der Waals surface area contributed by atoms with Crippen LogP contribution in [0.4, 0.5) is 0 Å². The molecule has 0 aliphatic heterocycles. The fourth-order valence-corrected chi connectivity index (χ4v) is 1.97. The average molecular weight is 287 g/mol. The highest BCUT2D eigenvalue weighted by Gasteiger charge is 2.22. The average Bonchev–Trinajstić information content (AvgIpc) is 2.44. The zero-order chi connectivity index (χ0) is 15.6.